The third-order valence-corrected chi connectivity index (χ3v) is 11.1. The zero-order valence-electron chi connectivity index (χ0n) is 27.7. The third kappa shape index (κ3) is 9.47. The summed E-state index contributed by atoms with van der Waals surface area (Å²) in [6, 6.07) is 8.75. The molecule has 8 N–H and O–H groups in total. The second-order valence-electron chi connectivity index (χ2n) is 11.6. The molecule has 0 bridgehead atoms. The molecule has 1 fully saturated rings. The van der Waals surface area contributed by atoms with Gasteiger partial charge in [-0.3, -0.25) is 23.2 Å². The van der Waals surface area contributed by atoms with Crippen LogP contribution in [-0.4, -0.2) is 158 Å². The van der Waals surface area contributed by atoms with Crippen LogP contribution in [0.3, 0.4) is 0 Å². The molecule has 0 amide bonds. The molecule has 0 saturated heterocycles. The Labute approximate surface area is 372 Å². The Hall–Kier alpha value is -2.13. The van der Waals surface area contributed by atoms with Gasteiger partial charge in [0.25, 0.3) is 30.4 Å². The van der Waals surface area contributed by atoms with E-state index in [9.17, 15) is 48.5 Å². The number of aromatic nitrogens is 3. The Kier molecular flexibility index (Phi) is 13.6. The van der Waals surface area contributed by atoms with Gasteiger partial charge in [0.15, 0.2) is 11.6 Å². The van der Waals surface area contributed by atoms with E-state index in [0.29, 0.717) is 25.7 Å². The van der Waals surface area contributed by atoms with Crippen LogP contribution in [0, 0.1) is 0 Å². The van der Waals surface area contributed by atoms with E-state index in [-0.39, 0.29) is 138 Å². The van der Waals surface area contributed by atoms with Gasteiger partial charge >= 0.3 is 0 Å². The van der Waals surface area contributed by atoms with Gasteiger partial charge in [-0.25, -0.2) is 0 Å². The molecule has 270 valence electrons. The number of carbonyl (C=O) groups is 2. The molecule has 0 atom stereocenters. The number of fused-ring (bicyclic) bond motifs is 2. The zero-order valence-corrected chi connectivity index (χ0v) is 36.1. The van der Waals surface area contributed by atoms with Crippen molar-refractivity contribution in [3.63, 3.8) is 0 Å². The molecule has 24 heteroatoms. The van der Waals surface area contributed by atoms with Gasteiger partial charge in [-0.05, 0) is 61.5 Å². The van der Waals surface area contributed by atoms with Crippen LogP contribution in [0.15, 0.2) is 63.2 Å². The monoisotopic (exact) mass is 841 g/mol. The number of hydrogen-bond acceptors (Lipinski definition) is 15. The van der Waals surface area contributed by atoms with E-state index < -0.39 is 68.0 Å². The van der Waals surface area contributed by atoms with Crippen molar-refractivity contribution in [2.45, 2.75) is 52.5 Å². The van der Waals surface area contributed by atoms with E-state index in [1.807, 2.05) is 0 Å². The minimum atomic E-state index is -4.89. The van der Waals surface area contributed by atoms with Crippen LogP contribution in [0.5, 0.6) is 0 Å². The second-order valence-corrected chi connectivity index (χ2v) is 16.1. The average Bonchev–Trinajstić information content (AvgIpc) is 3.03. The van der Waals surface area contributed by atoms with Crippen molar-refractivity contribution < 1.29 is 48.5 Å². The van der Waals surface area contributed by atoms with Crippen molar-refractivity contribution >= 4 is 163 Å². The molecule has 2 radical (unpaired) electrons. The Balaban J connectivity index is 0.00000314. The summed E-state index contributed by atoms with van der Waals surface area (Å²) in [7, 11) is -14.5. The molecule has 2 aliphatic rings. The summed E-state index contributed by atoms with van der Waals surface area (Å²) in [5.41, 5.74) is 4.78. The number of nitrogens with two attached hydrogens (primary N) is 1. The number of rotatable bonds is 9. The topological polar surface area (TPSA) is 298 Å². The first-order chi connectivity index (χ1) is 23.8. The molecule has 2 aliphatic carbocycles. The fourth-order valence-corrected chi connectivity index (χ4v) is 7.93. The van der Waals surface area contributed by atoms with Gasteiger partial charge < -0.3 is 21.7 Å². The molecular weight excluding hydrogens is 816 g/mol. The zero-order chi connectivity index (χ0) is 37.0. The number of nitrogen functional groups attached to an aromatic ring is 1. The molecule has 3 aromatic carbocycles. The number of nitrogens with one attached hydrogen (secondary N) is 3. The third-order valence-electron chi connectivity index (χ3n) is 8.28. The van der Waals surface area contributed by atoms with Gasteiger partial charge in [0.2, 0.25) is 17.2 Å². The maximum absolute atomic E-state index is 13.6. The number of anilines is 5. The summed E-state index contributed by atoms with van der Waals surface area (Å²) >= 11 is 6.07. The Bertz CT molecular complexity index is 2490. The molecule has 0 spiro atoms. The predicted octanol–water partition coefficient (Wildman–Crippen LogP) is 2.44. The van der Waals surface area contributed by atoms with Crippen molar-refractivity contribution in [2.75, 3.05) is 21.7 Å². The Morgan fingerprint density at radius 1 is 0.679 bits per heavy atom. The van der Waals surface area contributed by atoms with Crippen LogP contribution in [0.2, 0.25) is 5.28 Å². The quantitative estimate of drug-likeness (QED) is 0.0637. The van der Waals surface area contributed by atoms with Gasteiger partial charge in [-0.1, -0.05) is 24.3 Å². The fourth-order valence-electron chi connectivity index (χ4n) is 5.99. The molecule has 6 rings (SSSR count). The van der Waals surface area contributed by atoms with E-state index >= 15 is 0 Å². The normalized spacial score (nSPS) is 17.1. The number of nitrogens with zero attached hydrogens (tertiary/aromatic N) is 3. The van der Waals surface area contributed by atoms with Crippen LogP contribution >= 0.6 is 11.6 Å². The minimum absolute atomic E-state index is 0. The van der Waals surface area contributed by atoms with E-state index in [2.05, 4.69) is 30.9 Å². The summed E-state index contributed by atoms with van der Waals surface area (Å²) in [5, 5.41) is 8.37. The maximum atomic E-state index is 13.6. The summed E-state index contributed by atoms with van der Waals surface area (Å²) in [4.78, 5) is 36.9. The minimum Gasteiger partial charge on any atom is -0.397 e. The van der Waals surface area contributed by atoms with Gasteiger partial charge in [-0.15, -0.1) is 0 Å². The first kappa shape index (κ1) is 43.6. The second kappa shape index (κ2) is 16.5. The molecule has 53 heavy (non-hydrogen) atoms. The molecule has 18 nitrogen and oxygen atoms in total. The van der Waals surface area contributed by atoms with Gasteiger partial charge in [0.1, 0.15) is 9.79 Å². The summed E-state index contributed by atoms with van der Waals surface area (Å²) in [5.74, 6) is -1.60. The summed E-state index contributed by atoms with van der Waals surface area (Å²) in [6.45, 7) is 0. The van der Waals surface area contributed by atoms with Crippen molar-refractivity contribution in [3.8, 4) is 0 Å². The molecule has 1 heterocycles. The molecule has 1 saturated carbocycles. The molecule has 0 unspecified atom stereocenters. The standard InChI is InChI=1S/C29H26ClN7O11S3.K.Na/c30-27-35-28(37-29(36-27)34-18-11-15(49(40,41)42)9-10-20(18)50(43,44)45)33-14-7-5-13(6-8-14)32-19-12-21(51(46,47)48)24(31)23-22(19)25(38)16-3-1-2-4-17(16)26(23)39;;/h1-4,9-14,32H,5-8,31H2,(H,40,41,42)(H,43,44,45)(H,46,47,48)(H2,33,34,35,36,37);;. The first-order valence-electron chi connectivity index (χ1n) is 14.7. The summed E-state index contributed by atoms with van der Waals surface area (Å²) in [6.07, 6.45) is 1.82. The van der Waals surface area contributed by atoms with E-state index in [1.165, 1.54) is 12.1 Å². The van der Waals surface area contributed by atoms with Crippen LogP contribution in [0.4, 0.5) is 29.0 Å². The number of hydrogen-bond donors (Lipinski definition) is 7. The van der Waals surface area contributed by atoms with Crippen molar-refractivity contribution in [2.24, 2.45) is 0 Å². The van der Waals surface area contributed by atoms with Crippen LogP contribution < -0.4 is 21.7 Å². The van der Waals surface area contributed by atoms with Gasteiger partial charge in [0, 0.05) is 110 Å². The molecule has 0 aliphatic heterocycles. The average molecular weight is 842 g/mol. The van der Waals surface area contributed by atoms with Crippen molar-refractivity contribution in [3.05, 3.63) is 76.1 Å². The van der Waals surface area contributed by atoms with E-state index in [1.54, 1.807) is 12.1 Å². The largest absolute Gasteiger partial charge is 0.397 e. The number of carbonyl (C=O) groups excluding carboxylic acids is 2. The Morgan fingerprint density at radius 3 is 1.75 bits per heavy atom. The number of benzene rings is 3. The smallest absolute Gasteiger partial charge is 0.296 e. The molecule has 4 aromatic rings. The SMILES string of the molecule is Nc1c(S(=O)(=O)O)cc(NC2CCC(Nc3nc(Cl)nc(Nc4cc(S(=O)(=O)O)ccc4S(=O)(=O)O)n3)CC2)c2c1C(=O)c1ccccc1C2=O.[K].[Na]. The van der Waals surface area contributed by atoms with Gasteiger partial charge in [0.05, 0.1) is 27.4 Å². The van der Waals surface area contributed by atoms with E-state index in [0.717, 1.165) is 24.3 Å². The van der Waals surface area contributed by atoms with E-state index in [4.69, 9.17) is 17.3 Å². The molecule has 1 aromatic heterocycles. The first-order valence-corrected chi connectivity index (χ1v) is 19.4. The maximum Gasteiger partial charge on any atom is 0.296 e. The fraction of sp³-hybridized carbons (Fsp3) is 0.207. The molecular formula is C29H26ClKN7NaO11S3. The van der Waals surface area contributed by atoms with Crippen molar-refractivity contribution in [1.82, 2.24) is 15.0 Å². The number of halogens is 1. The van der Waals surface area contributed by atoms with Crippen LogP contribution in [0.1, 0.15) is 57.5 Å². The number of ketones is 2. The van der Waals surface area contributed by atoms with Crippen molar-refractivity contribution in [1.29, 1.82) is 0 Å². The Morgan fingerprint density at radius 2 is 1.21 bits per heavy atom. The predicted molar refractivity (Wildman–Crippen MR) is 193 cm³/mol. The van der Waals surface area contributed by atoms with Gasteiger partial charge in [-0.2, -0.15) is 40.2 Å². The van der Waals surface area contributed by atoms with Crippen LogP contribution in [-0.2, 0) is 30.4 Å². The van der Waals surface area contributed by atoms with Crippen LogP contribution in [0.25, 0.3) is 0 Å². The summed E-state index contributed by atoms with van der Waals surface area (Å²) < 4.78 is 100.